The molecule has 0 atom stereocenters. The molecule has 15 heavy (non-hydrogen) atoms. The Morgan fingerprint density at radius 2 is 2.20 bits per heavy atom. The lowest BCUT2D eigenvalue weighted by Crippen LogP contribution is -2.14. The Morgan fingerprint density at radius 1 is 1.40 bits per heavy atom. The SMILES string of the molecule is CCCCNCc1ccc(OC)c(Cl)c1. The summed E-state index contributed by atoms with van der Waals surface area (Å²) in [6.07, 6.45) is 2.43. The first-order valence-electron chi connectivity index (χ1n) is 5.31. The van der Waals surface area contributed by atoms with E-state index in [9.17, 15) is 0 Å². The van der Waals surface area contributed by atoms with Gasteiger partial charge in [-0.3, -0.25) is 0 Å². The fourth-order valence-corrected chi connectivity index (χ4v) is 1.63. The van der Waals surface area contributed by atoms with Crippen LogP contribution in [0, 0.1) is 0 Å². The summed E-state index contributed by atoms with van der Waals surface area (Å²) in [5.74, 6) is 0.731. The molecule has 3 heteroatoms. The minimum Gasteiger partial charge on any atom is -0.495 e. The van der Waals surface area contributed by atoms with E-state index in [1.54, 1.807) is 7.11 Å². The van der Waals surface area contributed by atoms with Crippen LogP contribution in [-0.4, -0.2) is 13.7 Å². The molecule has 0 amide bonds. The molecule has 1 aromatic carbocycles. The van der Waals surface area contributed by atoms with Crippen LogP contribution in [-0.2, 0) is 6.54 Å². The van der Waals surface area contributed by atoms with Crippen molar-refractivity contribution in [1.82, 2.24) is 5.32 Å². The number of methoxy groups -OCH3 is 1. The van der Waals surface area contributed by atoms with Gasteiger partial charge in [0.15, 0.2) is 0 Å². The quantitative estimate of drug-likeness (QED) is 0.754. The number of halogens is 1. The van der Waals surface area contributed by atoms with Gasteiger partial charge < -0.3 is 10.1 Å². The van der Waals surface area contributed by atoms with Crippen molar-refractivity contribution in [3.8, 4) is 5.75 Å². The molecule has 0 unspecified atom stereocenters. The van der Waals surface area contributed by atoms with E-state index in [2.05, 4.69) is 12.2 Å². The second-order valence-corrected chi connectivity index (χ2v) is 3.91. The minimum atomic E-state index is 0.673. The average Bonchev–Trinajstić information content (AvgIpc) is 2.25. The predicted molar refractivity (Wildman–Crippen MR) is 64.6 cm³/mol. The first-order chi connectivity index (χ1) is 7.27. The van der Waals surface area contributed by atoms with Gasteiger partial charge in [-0.2, -0.15) is 0 Å². The topological polar surface area (TPSA) is 21.3 Å². The Labute approximate surface area is 96.6 Å². The van der Waals surface area contributed by atoms with E-state index in [-0.39, 0.29) is 0 Å². The van der Waals surface area contributed by atoms with Crippen LogP contribution >= 0.6 is 11.6 Å². The molecule has 0 fully saturated rings. The van der Waals surface area contributed by atoms with Crippen LogP contribution in [0.15, 0.2) is 18.2 Å². The summed E-state index contributed by atoms with van der Waals surface area (Å²) in [5, 5.41) is 4.04. The lowest BCUT2D eigenvalue weighted by Gasteiger charge is -2.07. The Hall–Kier alpha value is -0.730. The van der Waals surface area contributed by atoms with E-state index < -0.39 is 0 Å². The molecule has 2 nitrogen and oxygen atoms in total. The van der Waals surface area contributed by atoms with E-state index >= 15 is 0 Å². The van der Waals surface area contributed by atoms with Crippen molar-refractivity contribution in [2.45, 2.75) is 26.3 Å². The Morgan fingerprint density at radius 3 is 2.80 bits per heavy atom. The maximum Gasteiger partial charge on any atom is 0.137 e. The van der Waals surface area contributed by atoms with Gasteiger partial charge >= 0.3 is 0 Å². The van der Waals surface area contributed by atoms with E-state index in [1.807, 2.05) is 18.2 Å². The number of unbranched alkanes of at least 4 members (excludes halogenated alkanes) is 1. The third-order valence-electron chi connectivity index (χ3n) is 2.25. The van der Waals surface area contributed by atoms with E-state index in [0.29, 0.717) is 5.02 Å². The molecule has 0 bridgehead atoms. The van der Waals surface area contributed by atoms with Crippen LogP contribution in [0.5, 0.6) is 5.75 Å². The Kier molecular flexibility index (Phi) is 5.51. The number of benzene rings is 1. The van der Waals surface area contributed by atoms with Crippen LogP contribution in [0.1, 0.15) is 25.3 Å². The monoisotopic (exact) mass is 227 g/mol. The summed E-state index contributed by atoms with van der Waals surface area (Å²) in [6, 6.07) is 5.88. The molecule has 1 rings (SSSR count). The van der Waals surface area contributed by atoms with Crippen molar-refractivity contribution in [2.75, 3.05) is 13.7 Å². The third-order valence-corrected chi connectivity index (χ3v) is 2.55. The predicted octanol–water partition coefficient (Wildman–Crippen LogP) is 3.24. The second-order valence-electron chi connectivity index (χ2n) is 3.50. The zero-order valence-corrected chi connectivity index (χ0v) is 10.1. The highest BCUT2D eigenvalue weighted by molar-refractivity contribution is 6.32. The maximum absolute atomic E-state index is 6.02. The summed E-state index contributed by atoms with van der Waals surface area (Å²) in [5.41, 5.74) is 1.19. The molecule has 0 aromatic heterocycles. The van der Waals surface area contributed by atoms with Gasteiger partial charge in [-0.25, -0.2) is 0 Å². The molecule has 0 saturated carbocycles. The van der Waals surface area contributed by atoms with Gasteiger partial charge in [0.25, 0.3) is 0 Å². The number of hydrogen-bond acceptors (Lipinski definition) is 2. The fourth-order valence-electron chi connectivity index (χ4n) is 1.35. The Bertz CT molecular complexity index is 302. The second kappa shape index (κ2) is 6.70. The Balaban J connectivity index is 2.45. The highest BCUT2D eigenvalue weighted by Crippen LogP contribution is 2.24. The van der Waals surface area contributed by atoms with E-state index in [1.165, 1.54) is 18.4 Å². The maximum atomic E-state index is 6.02. The van der Waals surface area contributed by atoms with Crippen LogP contribution in [0.3, 0.4) is 0 Å². The minimum absolute atomic E-state index is 0.673. The molecule has 0 aliphatic carbocycles. The van der Waals surface area contributed by atoms with Crippen molar-refractivity contribution in [2.24, 2.45) is 0 Å². The fraction of sp³-hybridized carbons (Fsp3) is 0.500. The molecule has 0 radical (unpaired) electrons. The summed E-state index contributed by atoms with van der Waals surface area (Å²) >= 11 is 6.02. The summed E-state index contributed by atoms with van der Waals surface area (Å²) in [4.78, 5) is 0. The molecular weight excluding hydrogens is 210 g/mol. The van der Waals surface area contributed by atoms with Crippen molar-refractivity contribution < 1.29 is 4.74 Å². The molecule has 1 N–H and O–H groups in total. The first kappa shape index (κ1) is 12.3. The van der Waals surface area contributed by atoms with E-state index in [4.69, 9.17) is 16.3 Å². The highest BCUT2D eigenvalue weighted by atomic mass is 35.5. The van der Waals surface area contributed by atoms with Crippen molar-refractivity contribution >= 4 is 11.6 Å². The summed E-state index contributed by atoms with van der Waals surface area (Å²) in [6.45, 7) is 4.11. The lowest BCUT2D eigenvalue weighted by molar-refractivity contribution is 0.415. The number of ether oxygens (including phenoxy) is 1. The van der Waals surface area contributed by atoms with Gasteiger partial charge in [-0.15, -0.1) is 0 Å². The highest BCUT2D eigenvalue weighted by Gasteiger charge is 2.00. The largest absolute Gasteiger partial charge is 0.495 e. The number of hydrogen-bond donors (Lipinski definition) is 1. The number of nitrogens with one attached hydrogen (secondary N) is 1. The van der Waals surface area contributed by atoms with E-state index in [0.717, 1.165) is 18.8 Å². The summed E-state index contributed by atoms with van der Waals surface area (Å²) in [7, 11) is 1.63. The van der Waals surface area contributed by atoms with Gasteiger partial charge in [0.05, 0.1) is 12.1 Å². The van der Waals surface area contributed by atoms with Crippen molar-refractivity contribution in [3.63, 3.8) is 0 Å². The molecule has 0 aliphatic rings. The van der Waals surface area contributed by atoms with Gasteiger partial charge in [-0.05, 0) is 30.7 Å². The lowest BCUT2D eigenvalue weighted by atomic mass is 10.2. The zero-order chi connectivity index (χ0) is 11.1. The zero-order valence-electron chi connectivity index (χ0n) is 9.35. The molecular formula is C12H18ClNO. The average molecular weight is 228 g/mol. The van der Waals surface area contributed by atoms with Crippen LogP contribution in [0.4, 0.5) is 0 Å². The molecule has 1 aromatic rings. The molecule has 0 aliphatic heterocycles. The van der Waals surface area contributed by atoms with Crippen molar-refractivity contribution in [1.29, 1.82) is 0 Å². The smallest absolute Gasteiger partial charge is 0.137 e. The molecule has 0 spiro atoms. The van der Waals surface area contributed by atoms with Gasteiger partial charge in [0.2, 0.25) is 0 Å². The van der Waals surface area contributed by atoms with Gasteiger partial charge in [0, 0.05) is 6.54 Å². The third kappa shape index (κ3) is 4.10. The van der Waals surface area contributed by atoms with Crippen LogP contribution < -0.4 is 10.1 Å². The van der Waals surface area contributed by atoms with Crippen LogP contribution in [0.25, 0.3) is 0 Å². The van der Waals surface area contributed by atoms with Gasteiger partial charge in [-0.1, -0.05) is 31.0 Å². The first-order valence-corrected chi connectivity index (χ1v) is 5.69. The molecule has 84 valence electrons. The number of rotatable bonds is 6. The van der Waals surface area contributed by atoms with Crippen molar-refractivity contribution in [3.05, 3.63) is 28.8 Å². The molecule has 0 saturated heterocycles. The summed E-state index contributed by atoms with van der Waals surface area (Å²) < 4.78 is 5.09. The molecule has 0 heterocycles. The standard InChI is InChI=1S/C12H18ClNO/c1-3-4-7-14-9-10-5-6-12(15-2)11(13)8-10/h5-6,8,14H,3-4,7,9H2,1-2H3. The van der Waals surface area contributed by atoms with Gasteiger partial charge in [0.1, 0.15) is 5.75 Å². The normalized spacial score (nSPS) is 10.3. The van der Waals surface area contributed by atoms with Crippen LogP contribution in [0.2, 0.25) is 5.02 Å².